The normalized spacial score (nSPS) is 28.9. The average molecular weight is 296 g/mol. The molecule has 2 rings (SSSR count). The smallest absolute Gasteiger partial charge is 0.0467 e. The maximum Gasteiger partial charge on any atom is 0.0467 e. The summed E-state index contributed by atoms with van der Waals surface area (Å²) in [5, 5.41) is 0. The molecule has 3 nitrogen and oxygen atoms in total. The number of nitrogens with zero attached hydrogens (tertiary/aromatic N) is 2. The molecule has 0 spiro atoms. The average Bonchev–Trinajstić information content (AvgIpc) is 2.44. The molecule has 2 aliphatic heterocycles. The van der Waals surface area contributed by atoms with Crippen molar-refractivity contribution in [2.75, 3.05) is 39.9 Å². The lowest BCUT2D eigenvalue weighted by Gasteiger charge is -2.51. The summed E-state index contributed by atoms with van der Waals surface area (Å²) in [6.07, 6.45) is 5.38. The lowest BCUT2D eigenvalue weighted by Crippen LogP contribution is -2.62. The van der Waals surface area contributed by atoms with Crippen LogP contribution in [0.25, 0.3) is 0 Å². The standard InChI is InChI=1S/C18H36N2O/c1-15(2)17-13-19-10-7-6-8-16(19)12-20(17)14-18(3,4)9-11-21-5/h15-17H,6-14H2,1-5H3. The third kappa shape index (κ3) is 4.67. The van der Waals surface area contributed by atoms with Gasteiger partial charge in [-0.2, -0.15) is 0 Å². The first-order valence-corrected chi connectivity index (χ1v) is 8.90. The zero-order chi connectivity index (χ0) is 15.5. The Morgan fingerprint density at radius 2 is 1.95 bits per heavy atom. The van der Waals surface area contributed by atoms with Gasteiger partial charge in [0.1, 0.15) is 0 Å². The van der Waals surface area contributed by atoms with Gasteiger partial charge in [0.05, 0.1) is 0 Å². The van der Waals surface area contributed by atoms with Crippen molar-refractivity contribution in [1.82, 2.24) is 9.80 Å². The summed E-state index contributed by atoms with van der Waals surface area (Å²) in [5.74, 6) is 0.742. The lowest BCUT2D eigenvalue weighted by molar-refractivity contribution is -0.0270. The minimum Gasteiger partial charge on any atom is -0.385 e. The number of rotatable bonds is 6. The predicted octanol–water partition coefficient (Wildman–Crippen LogP) is 3.24. The second kappa shape index (κ2) is 7.43. The first-order chi connectivity index (χ1) is 9.93. The van der Waals surface area contributed by atoms with Crippen LogP contribution >= 0.6 is 0 Å². The van der Waals surface area contributed by atoms with Crippen LogP contribution < -0.4 is 0 Å². The van der Waals surface area contributed by atoms with Crippen molar-refractivity contribution in [3.8, 4) is 0 Å². The van der Waals surface area contributed by atoms with Gasteiger partial charge in [-0.05, 0) is 37.1 Å². The van der Waals surface area contributed by atoms with Crippen molar-refractivity contribution >= 4 is 0 Å². The molecule has 0 aromatic rings. The van der Waals surface area contributed by atoms with Crippen LogP contribution in [0.5, 0.6) is 0 Å². The van der Waals surface area contributed by atoms with Crippen molar-refractivity contribution < 1.29 is 4.74 Å². The van der Waals surface area contributed by atoms with Crippen LogP contribution in [0.2, 0.25) is 0 Å². The monoisotopic (exact) mass is 296 g/mol. The molecule has 2 aliphatic rings. The maximum atomic E-state index is 5.30. The summed E-state index contributed by atoms with van der Waals surface area (Å²) < 4.78 is 5.30. The highest BCUT2D eigenvalue weighted by molar-refractivity contribution is 4.93. The number of methoxy groups -OCH3 is 1. The highest BCUT2D eigenvalue weighted by Crippen LogP contribution is 2.31. The molecule has 21 heavy (non-hydrogen) atoms. The van der Waals surface area contributed by atoms with Gasteiger partial charge in [-0.15, -0.1) is 0 Å². The Morgan fingerprint density at radius 1 is 1.19 bits per heavy atom. The van der Waals surface area contributed by atoms with Crippen LogP contribution in [-0.4, -0.2) is 61.8 Å². The van der Waals surface area contributed by atoms with Gasteiger partial charge in [0.15, 0.2) is 0 Å². The lowest BCUT2D eigenvalue weighted by atomic mass is 9.85. The van der Waals surface area contributed by atoms with Crippen molar-refractivity contribution in [3.63, 3.8) is 0 Å². The van der Waals surface area contributed by atoms with Gasteiger partial charge in [0, 0.05) is 45.4 Å². The Labute approximate surface area is 132 Å². The van der Waals surface area contributed by atoms with Gasteiger partial charge >= 0.3 is 0 Å². The van der Waals surface area contributed by atoms with Gasteiger partial charge in [-0.1, -0.05) is 34.1 Å². The summed E-state index contributed by atoms with van der Waals surface area (Å²) in [6, 6.07) is 1.54. The van der Waals surface area contributed by atoms with Crippen LogP contribution in [0.3, 0.4) is 0 Å². The topological polar surface area (TPSA) is 15.7 Å². The van der Waals surface area contributed by atoms with Gasteiger partial charge in [-0.25, -0.2) is 0 Å². The summed E-state index contributed by atoms with van der Waals surface area (Å²) in [4.78, 5) is 5.57. The molecule has 0 aromatic heterocycles. The van der Waals surface area contributed by atoms with Crippen LogP contribution in [0.4, 0.5) is 0 Å². The zero-order valence-corrected chi connectivity index (χ0v) is 14.9. The Balaban J connectivity index is 2.00. The van der Waals surface area contributed by atoms with E-state index in [2.05, 4.69) is 37.5 Å². The molecule has 0 saturated carbocycles. The van der Waals surface area contributed by atoms with E-state index < -0.39 is 0 Å². The number of hydrogen-bond acceptors (Lipinski definition) is 3. The van der Waals surface area contributed by atoms with E-state index in [-0.39, 0.29) is 0 Å². The highest BCUT2D eigenvalue weighted by Gasteiger charge is 2.38. The van der Waals surface area contributed by atoms with E-state index in [0.717, 1.165) is 31.0 Å². The molecular formula is C18H36N2O. The third-order valence-corrected chi connectivity index (χ3v) is 5.47. The molecule has 0 amide bonds. The molecular weight excluding hydrogens is 260 g/mol. The third-order valence-electron chi connectivity index (χ3n) is 5.47. The Kier molecular flexibility index (Phi) is 6.10. The van der Waals surface area contributed by atoms with E-state index in [1.807, 2.05) is 7.11 Å². The summed E-state index contributed by atoms with van der Waals surface area (Å²) in [5.41, 5.74) is 0.347. The zero-order valence-electron chi connectivity index (χ0n) is 14.9. The van der Waals surface area contributed by atoms with Crippen LogP contribution in [0.15, 0.2) is 0 Å². The fraction of sp³-hybridized carbons (Fsp3) is 1.00. The summed E-state index contributed by atoms with van der Waals surface area (Å²) in [7, 11) is 1.81. The fourth-order valence-corrected chi connectivity index (χ4v) is 4.09. The highest BCUT2D eigenvalue weighted by atomic mass is 16.5. The first-order valence-electron chi connectivity index (χ1n) is 8.90. The van der Waals surface area contributed by atoms with E-state index in [1.54, 1.807) is 0 Å². The molecule has 0 N–H and O–H groups in total. The van der Waals surface area contributed by atoms with Gasteiger partial charge in [-0.3, -0.25) is 9.80 Å². The van der Waals surface area contributed by atoms with E-state index in [1.165, 1.54) is 45.4 Å². The molecule has 0 radical (unpaired) electrons. The molecule has 2 unspecified atom stereocenters. The first kappa shape index (κ1) is 17.2. The predicted molar refractivity (Wildman–Crippen MR) is 89.7 cm³/mol. The Bertz CT molecular complexity index is 316. The molecule has 0 aromatic carbocycles. The molecule has 2 saturated heterocycles. The van der Waals surface area contributed by atoms with Crippen molar-refractivity contribution in [1.29, 1.82) is 0 Å². The van der Waals surface area contributed by atoms with E-state index >= 15 is 0 Å². The van der Waals surface area contributed by atoms with Crippen molar-refractivity contribution in [3.05, 3.63) is 0 Å². The van der Waals surface area contributed by atoms with Crippen LogP contribution in [0.1, 0.15) is 53.4 Å². The van der Waals surface area contributed by atoms with E-state index in [4.69, 9.17) is 4.74 Å². The van der Waals surface area contributed by atoms with Gasteiger partial charge in [0.2, 0.25) is 0 Å². The quantitative estimate of drug-likeness (QED) is 0.748. The number of fused-ring (bicyclic) bond motifs is 1. The van der Waals surface area contributed by atoms with E-state index in [9.17, 15) is 0 Å². The maximum absolute atomic E-state index is 5.30. The fourth-order valence-electron chi connectivity index (χ4n) is 4.09. The number of piperazine rings is 1. The van der Waals surface area contributed by atoms with Gasteiger partial charge < -0.3 is 4.74 Å². The molecule has 2 atom stereocenters. The van der Waals surface area contributed by atoms with Gasteiger partial charge in [0.25, 0.3) is 0 Å². The Morgan fingerprint density at radius 3 is 2.62 bits per heavy atom. The van der Waals surface area contributed by atoms with Crippen molar-refractivity contribution in [2.45, 2.75) is 65.5 Å². The SMILES string of the molecule is COCCC(C)(C)CN1CC2CCCCN2CC1C(C)C. The minimum atomic E-state index is 0.347. The summed E-state index contributed by atoms with van der Waals surface area (Å²) >= 11 is 0. The number of ether oxygens (including phenoxy) is 1. The summed E-state index contributed by atoms with van der Waals surface area (Å²) in [6.45, 7) is 15.6. The van der Waals surface area contributed by atoms with Crippen molar-refractivity contribution in [2.24, 2.45) is 11.3 Å². The molecule has 0 bridgehead atoms. The molecule has 2 heterocycles. The second-order valence-electron chi connectivity index (χ2n) is 8.29. The minimum absolute atomic E-state index is 0.347. The molecule has 3 heteroatoms. The molecule has 124 valence electrons. The number of piperidine rings is 1. The molecule has 2 fully saturated rings. The number of hydrogen-bond donors (Lipinski definition) is 0. The second-order valence-corrected chi connectivity index (χ2v) is 8.29. The van der Waals surface area contributed by atoms with Crippen LogP contribution in [0, 0.1) is 11.3 Å². The molecule has 0 aliphatic carbocycles. The van der Waals surface area contributed by atoms with Crippen LogP contribution in [-0.2, 0) is 4.74 Å². The van der Waals surface area contributed by atoms with E-state index in [0.29, 0.717) is 5.41 Å². The largest absolute Gasteiger partial charge is 0.385 e. The Hall–Kier alpha value is -0.120.